The van der Waals surface area contributed by atoms with Crippen LogP contribution in [0, 0.1) is 12.8 Å². The van der Waals surface area contributed by atoms with Gasteiger partial charge >= 0.3 is 0 Å². The van der Waals surface area contributed by atoms with Crippen molar-refractivity contribution in [2.75, 3.05) is 24.2 Å². The van der Waals surface area contributed by atoms with Crippen molar-refractivity contribution in [3.8, 4) is 0 Å². The Labute approximate surface area is 199 Å². The summed E-state index contributed by atoms with van der Waals surface area (Å²) in [7, 11) is -3.32. The van der Waals surface area contributed by atoms with Gasteiger partial charge in [-0.15, -0.1) is 0 Å². The molecule has 1 N–H and O–H groups in total. The second-order valence-corrected chi connectivity index (χ2v) is 11.0. The maximum Gasteiger partial charge on any atom is 0.226 e. The number of piperidine rings is 1. The predicted octanol–water partition coefficient (Wildman–Crippen LogP) is 4.09. The van der Waals surface area contributed by atoms with Crippen LogP contribution in [0.2, 0.25) is 5.02 Å². The summed E-state index contributed by atoms with van der Waals surface area (Å²) < 4.78 is 23.9. The van der Waals surface area contributed by atoms with E-state index in [-0.39, 0.29) is 22.8 Å². The third kappa shape index (κ3) is 5.12. The molecular formula is C24H27ClN4O3S. The van der Waals surface area contributed by atoms with Crippen LogP contribution in [0.15, 0.2) is 47.4 Å². The number of aryl methyl sites for hydroxylation is 1. The summed E-state index contributed by atoms with van der Waals surface area (Å²) >= 11 is 6.26. The number of hydrogen-bond acceptors (Lipinski definition) is 6. The topological polar surface area (TPSA) is 92.3 Å². The highest BCUT2D eigenvalue weighted by molar-refractivity contribution is 7.90. The molecule has 1 saturated heterocycles. The van der Waals surface area contributed by atoms with Crippen LogP contribution in [0.3, 0.4) is 0 Å². The number of anilines is 1. The van der Waals surface area contributed by atoms with E-state index in [2.05, 4.69) is 20.2 Å². The smallest absolute Gasteiger partial charge is 0.226 e. The molecule has 2 aromatic carbocycles. The van der Waals surface area contributed by atoms with Gasteiger partial charge in [-0.3, -0.25) is 4.79 Å². The number of fused-ring (bicyclic) bond motifs is 1. The Morgan fingerprint density at radius 1 is 1.15 bits per heavy atom. The van der Waals surface area contributed by atoms with E-state index in [0.717, 1.165) is 16.6 Å². The van der Waals surface area contributed by atoms with Gasteiger partial charge in [0.15, 0.2) is 9.84 Å². The third-order valence-corrected chi connectivity index (χ3v) is 7.61. The van der Waals surface area contributed by atoms with E-state index in [4.69, 9.17) is 11.6 Å². The summed E-state index contributed by atoms with van der Waals surface area (Å²) in [5, 5.41) is 4.55. The molecule has 0 radical (unpaired) electrons. The largest absolute Gasteiger partial charge is 0.349 e. The monoisotopic (exact) mass is 486 g/mol. The fourth-order valence-electron chi connectivity index (χ4n) is 4.20. The van der Waals surface area contributed by atoms with Crippen molar-refractivity contribution >= 4 is 44.2 Å². The molecule has 2 heterocycles. The van der Waals surface area contributed by atoms with Gasteiger partial charge in [0, 0.05) is 35.7 Å². The number of rotatable bonds is 5. The van der Waals surface area contributed by atoms with E-state index in [1.54, 1.807) is 18.2 Å². The van der Waals surface area contributed by atoms with E-state index in [1.807, 2.05) is 38.1 Å². The quantitative estimate of drug-likeness (QED) is 0.584. The molecule has 1 atom stereocenters. The number of halogens is 1. The minimum Gasteiger partial charge on any atom is -0.349 e. The molecular weight excluding hydrogens is 460 g/mol. The first-order valence-electron chi connectivity index (χ1n) is 10.9. The van der Waals surface area contributed by atoms with Crippen LogP contribution in [0.1, 0.15) is 37.1 Å². The Morgan fingerprint density at radius 3 is 2.52 bits per heavy atom. The lowest BCUT2D eigenvalue weighted by molar-refractivity contribution is -0.126. The summed E-state index contributed by atoms with van der Waals surface area (Å²) in [4.78, 5) is 24.4. The van der Waals surface area contributed by atoms with Gasteiger partial charge in [0.2, 0.25) is 11.9 Å². The lowest BCUT2D eigenvalue weighted by atomic mass is 9.95. The number of nitrogens with zero attached hydrogens (tertiary/aromatic N) is 3. The van der Waals surface area contributed by atoms with Gasteiger partial charge in [-0.2, -0.15) is 0 Å². The number of amides is 1. The SMILES string of the molecule is Cc1nc(N2CCC(C(=O)N[C@@H](C)c3ccccc3Cl)CC2)nc2cc(S(C)(=O)=O)ccc12. The van der Waals surface area contributed by atoms with Crippen molar-refractivity contribution in [2.24, 2.45) is 5.92 Å². The molecule has 0 aliphatic carbocycles. The van der Waals surface area contributed by atoms with E-state index >= 15 is 0 Å². The standard InChI is InChI=1S/C24H27ClN4O3S/c1-15(19-6-4-5-7-21(19)25)26-23(30)17-10-12-29(13-11-17)24-27-16(2)20-9-8-18(33(3,31)32)14-22(20)28-24/h4-9,14-15,17H,10-13H2,1-3H3,(H,26,30)/t15-/m0/s1. The molecule has 1 fully saturated rings. The molecule has 1 aromatic heterocycles. The zero-order valence-corrected chi connectivity index (χ0v) is 20.4. The number of hydrogen-bond donors (Lipinski definition) is 1. The molecule has 33 heavy (non-hydrogen) atoms. The molecule has 0 unspecified atom stereocenters. The second-order valence-electron chi connectivity index (χ2n) is 8.57. The highest BCUT2D eigenvalue weighted by atomic mass is 35.5. The van der Waals surface area contributed by atoms with Gasteiger partial charge in [-0.05, 0) is 56.5 Å². The minimum absolute atomic E-state index is 0.0236. The first-order chi connectivity index (χ1) is 15.6. The van der Waals surface area contributed by atoms with Gasteiger partial charge in [-0.25, -0.2) is 18.4 Å². The first-order valence-corrected chi connectivity index (χ1v) is 13.2. The number of carbonyl (C=O) groups excluding carboxylic acids is 1. The number of sulfone groups is 1. The highest BCUT2D eigenvalue weighted by Gasteiger charge is 2.28. The third-order valence-electron chi connectivity index (χ3n) is 6.15. The van der Waals surface area contributed by atoms with Gasteiger partial charge in [-0.1, -0.05) is 29.8 Å². The van der Waals surface area contributed by atoms with Gasteiger partial charge < -0.3 is 10.2 Å². The molecule has 7 nitrogen and oxygen atoms in total. The van der Waals surface area contributed by atoms with Gasteiger partial charge in [0.05, 0.1) is 22.1 Å². The first kappa shape index (κ1) is 23.4. The number of aromatic nitrogens is 2. The van der Waals surface area contributed by atoms with Gasteiger partial charge in [0.1, 0.15) is 0 Å². The van der Waals surface area contributed by atoms with Crippen LogP contribution in [0.25, 0.3) is 10.9 Å². The van der Waals surface area contributed by atoms with Crippen molar-refractivity contribution in [1.82, 2.24) is 15.3 Å². The van der Waals surface area contributed by atoms with Crippen molar-refractivity contribution in [3.05, 3.63) is 58.7 Å². The average molecular weight is 487 g/mol. The molecule has 1 aliphatic rings. The molecule has 1 amide bonds. The molecule has 3 aromatic rings. The number of benzene rings is 2. The summed E-state index contributed by atoms with van der Waals surface area (Å²) in [5.41, 5.74) is 2.30. The van der Waals surface area contributed by atoms with E-state index in [1.165, 1.54) is 6.26 Å². The molecule has 174 valence electrons. The van der Waals surface area contributed by atoms with E-state index < -0.39 is 9.84 Å². The Bertz CT molecular complexity index is 1300. The normalized spacial score (nSPS) is 16.1. The fourth-order valence-corrected chi connectivity index (χ4v) is 5.14. The Balaban J connectivity index is 1.45. The van der Waals surface area contributed by atoms with Crippen LogP contribution in [0.5, 0.6) is 0 Å². The van der Waals surface area contributed by atoms with Gasteiger partial charge in [0.25, 0.3) is 0 Å². The van der Waals surface area contributed by atoms with Crippen molar-refractivity contribution in [1.29, 1.82) is 0 Å². The summed E-state index contributed by atoms with van der Waals surface area (Å²) in [6.07, 6.45) is 2.56. The van der Waals surface area contributed by atoms with Crippen molar-refractivity contribution in [2.45, 2.75) is 37.6 Å². The van der Waals surface area contributed by atoms with Crippen LogP contribution >= 0.6 is 11.6 Å². The van der Waals surface area contributed by atoms with Crippen LogP contribution in [-0.2, 0) is 14.6 Å². The molecule has 4 rings (SSSR count). The van der Waals surface area contributed by atoms with E-state index in [0.29, 0.717) is 42.4 Å². The van der Waals surface area contributed by atoms with Crippen molar-refractivity contribution < 1.29 is 13.2 Å². The fraction of sp³-hybridized carbons (Fsp3) is 0.375. The van der Waals surface area contributed by atoms with Crippen molar-refractivity contribution in [3.63, 3.8) is 0 Å². The zero-order chi connectivity index (χ0) is 23.8. The number of nitrogens with one attached hydrogen (secondary N) is 1. The zero-order valence-electron chi connectivity index (χ0n) is 18.9. The lowest BCUT2D eigenvalue weighted by Crippen LogP contribution is -2.41. The summed E-state index contributed by atoms with van der Waals surface area (Å²) in [5.74, 6) is 0.494. The second kappa shape index (κ2) is 9.27. The molecule has 9 heteroatoms. The Morgan fingerprint density at radius 2 is 1.85 bits per heavy atom. The molecule has 0 bridgehead atoms. The summed E-state index contributed by atoms with van der Waals surface area (Å²) in [6.45, 7) is 5.12. The maximum absolute atomic E-state index is 12.8. The van der Waals surface area contributed by atoms with E-state index in [9.17, 15) is 13.2 Å². The van der Waals surface area contributed by atoms with Crippen LogP contribution in [-0.4, -0.2) is 43.6 Å². The Hall–Kier alpha value is -2.71. The average Bonchev–Trinajstić information content (AvgIpc) is 2.78. The molecule has 0 spiro atoms. The lowest BCUT2D eigenvalue weighted by Gasteiger charge is -2.32. The Kier molecular flexibility index (Phi) is 6.59. The summed E-state index contributed by atoms with van der Waals surface area (Å²) in [6, 6.07) is 12.3. The number of carbonyl (C=O) groups is 1. The maximum atomic E-state index is 12.8. The molecule has 1 aliphatic heterocycles. The highest BCUT2D eigenvalue weighted by Crippen LogP contribution is 2.27. The predicted molar refractivity (Wildman–Crippen MR) is 130 cm³/mol. The minimum atomic E-state index is -3.32. The van der Waals surface area contributed by atoms with Crippen LogP contribution < -0.4 is 10.2 Å². The van der Waals surface area contributed by atoms with Crippen LogP contribution in [0.4, 0.5) is 5.95 Å². The molecule has 0 saturated carbocycles.